The van der Waals surface area contributed by atoms with Gasteiger partial charge in [0.05, 0.1) is 28.5 Å². The van der Waals surface area contributed by atoms with Crippen molar-refractivity contribution < 1.29 is 14.7 Å². The highest BCUT2D eigenvalue weighted by atomic mass is 16.4. The fourth-order valence-electron chi connectivity index (χ4n) is 2.45. The molecule has 0 radical (unpaired) electrons. The highest BCUT2D eigenvalue weighted by molar-refractivity contribution is 6.03. The number of hydrogen-bond acceptors (Lipinski definition) is 4. The Balaban J connectivity index is 2.12. The van der Waals surface area contributed by atoms with Crippen LogP contribution in [-0.2, 0) is 0 Å². The summed E-state index contributed by atoms with van der Waals surface area (Å²) in [4.78, 5) is 22.7. The molecule has 2 aromatic heterocycles. The number of amides is 1. The van der Waals surface area contributed by atoms with Gasteiger partial charge in [-0.1, -0.05) is 0 Å². The molecule has 0 saturated heterocycles. The maximum atomic E-state index is 11.6. The van der Waals surface area contributed by atoms with E-state index in [9.17, 15) is 9.59 Å². The molecule has 1 saturated carbocycles. The number of nitrogens with two attached hydrogens (primary N) is 1. The highest BCUT2D eigenvalue weighted by Crippen LogP contribution is 2.35. The third-order valence-corrected chi connectivity index (χ3v) is 3.85. The van der Waals surface area contributed by atoms with E-state index in [1.165, 1.54) is 23.0 Å². The first-order chi connectivity index (χ1) is 9.97. The Labute approximate surface area is 120 Å². The zero-order chi connectivity index (χ0) is 15.1. The summed E-state index contributed by atoms with van der Waals surface area (Å²) in [6.45, 7) is 2.04. The molecule has 1 aliphatic rings. The van der Waals surface area contributed by atoms with Gasteiger partial charge in [0.15, 0.2) is 0 Å². The summed E-state index contributed by atoms with van der Waals surface area (Å²) < 4.78 is 1.44. The second-order valence-corrected chi connectivity index (χ2v) is 5.43. The van der Waals surface area contributed by atoms with Gasteiger partial charge in [0.2, 0.25) is 0 Å². The second-order valence-electron chi connectivity index (χ2n) is 5.43. The van der Waals surface area contributed by atoms with Crippen LogP contribution in [0.5, 0.6) is 0 Å². The van der Waals surface area contributed by atoms with Gasteiger partial charge >= 0.3 is 5.97 Å². The SMILES string of the molecule is CC(Nc1c(C(N)=O)cnn2cc(C(=O)O)cc12)C1CC1. The molecule has 0 aromatic carbocycles. The van der Waals surface area contributed by atoms with Crippen LogP contribution in [0.1, 0.15) is 40.5 Å². The van der Waals surface area contributed by atoms with Gasteiger partial charge in [-0.25, -0.2) is 9.31 Å². The van der Waals surface area contributed by atoms with Crippen LogP contribution in [0.4, 0.5) is 5.69 Å². The number of primary amides is 1. The van der Waals surface area contributed by atoms with Crippen LogP contribution >= 0.6 is 0 Å². The molecule has 1 aliphatic carbocycles. The molecule has 0 aliphatic heterocycles. The van der Waals surface area contributed by atoms with Crippen molar-refractivity contribution in [2.75, 3.05) is 5.32 Å². The predicted molar refractivity (Wildman–Crippen MR) is 76.5 cm³/mol. The molecule has 1 unspecified atom stereocenters. The molecule has 1 amide bonds. The molecule has 7 heteroatoms. The minimum Gasteiger partial charge on any atom is -0.478 e. The van der Waals surface area contributed by atoms with Gasteiger partial charge in [0.25, 0.3) is 5.91 Å². The number of anilines is 1. The molecule has 2 heterocycles. The molecule has 1 atom stereocenters. The Morgan fingerprint density at radius 1 is 1.52 bits per heavy atom. The fourth-order valence-corrected chi connectivity index (χ4v) is 2.45. The average Bonchev–Trinajstić information content (AvgIpc) is 3.17. The van der Waals surface area contributed by atoms with Gasteiger partial charge in [-0.3, -0.25) is 4.79 Å². The lowest BCUT2D eigenvalue weighted by Gasteiger charge is -2.17. The van der Waals surface area contributed by atoms with Crippen LogP contribution < -0.4 is 11.1 Å². The number of aromatic carboxylic acids is 1. The number of carbonyl (C=O) groups is 2. The highest BCUT2D eigenvalue weighted by Gasteiger charge is 2.29. The summed E-state index contributed by atoms with van der Waals surface area (Å²) in [5, 5.41) is 16.4. The van der Waals surface area contributed by atoms with E-state index >= 15 is 0 Å². The number of aromatic nitrogens is 2. The largest absolute Gasteiger partial charge is 0.478 e. The van der Waals surface area contributed by atoms with Crippen LogP contribution in [-0.4, -0.2) is 32.6 Å². The van der Waals surface area contributed by atoms with Crippen LogP contribution in [0.3, 0.4) is 0 Å². The minimum absolute atomic E-state index is 0.117. The van der Waals surface area contributed by atoms with Gasteiger partial charge in [0.1, 0.15) is 0 Å². The molecule has 4 N–H and O–H groups in total. The van der Waals surface area contributed by atoms with Crippen LogP contribution in [0.2, 0.25) is 0 Å². The van der Waals surface area contributed by atoms with E-state index < -0.39 is 11.9 Å². The summed E-state index contributed by atoms with van der Waals surface area (Å²) in [7, 11) is 0. The van der Waals surface area contributed by atoms with Crippen molar-refractivity contribution in [3.05, 3.63) is 29.6 Å². The van der Waals surface area contributed by atoms with Crippen molar-refractivity contribution in [3.63, 3.8) is 0 Å². The van der Waals surface area contributed by atoms with Crippen LogP contribution in [0.25, 0.3) is 5.52 Å². The fraction of sp³-hybridized carbons (Fsp3) is 0.357. The van der Waals surface area contributed by atoms with Crippen molar-refractivity contribution in [1.29, 1.82) is 0 Å². The lowest BCUT2D eigenvalue weighted by Crippen LogP contribution is -2.22. The summed E-state index contributed by atoms with van der Waals surface area (Å²) in [5.41, 5.74) is 6.86. The Kier molecular flexibility index (Phi) is 3.04. The number of nitrogens with zero attached hydrogens (tertiary/aromatic N) is 2. The topological polar surface area (TPSA) is 110 Å². The molecule has 2 aromatic rings. The molecule has 1 fully saturated rings. The summed E-state index contributed by atoms with van der Waals surface area (Å²) in [6, 6.07) is 1.68. The van der Waals surface area contributed by atoms with Crippen molar-refractivity contribution in [2.45, 2.75) is 25.8 Å². The molecule has 21 heavy (non-hydrogen) atoms. The predicted octanol–water partition coefficient (Wildman–Crippen LogP) is 1.34. The van der Waals surface area contributed by atoms with Gasteiger partial charge in [-0.15, -0.1) is 0 Å². The number of nitrogens with one attached hydrogen (secondary N) is 1. The van der Waals surface area contributed by atoms with Crippen molar-refractivity contribution in [1.82, 2.24) is 9.61 Å². The van der Waals surface area contributed by atoms with Crippen molar-refractivity contribution in [2.24, 2.45) is 11.7 Å². The standard InChI is InChI=1S/C14H16N4O3/c1-7(8-2-3-8)17-12-10(13(15)19)5-16-18-6-9(14(20)21)4-11(12)18/h4-8,17H,2-3H2,1H3,(H2,15,19)(H,20,21). The normalized spacial score (nSPS) is 15.9. The van der Waals surface area contributed by atoms with Crippen LogP contribution in [0.15, 0.2) is 18.5 Å². The first-order valence-electron chi connectivity index (χ1n) is 6.78. The lowest BCUT2D eigenvalue weighted by molar-refractivity contribution is 0.0696. The molecule has 3 rings (SSSR count). The average molecular weight is 288 g/mol. The molecule has 7 nitrogen and oxygen atoms in total. The third-order valence-electron chi connectivity index (χ3n) is 3.85. The number of hydrogen-bond donors (Lipinski definition) is 3. The summed E-state index contributed by atoms with van der Waals surface area (Å²) in [5.74, 6) is -1.05. The maximum absolute atomic E-state index is 11.6. The van der Waals surface area contributed by atoms with Crippen molar-refractivity contribution in [3.8, 4) is 0 Å². The smallest absolute Gasteiger partial charge is 0.337 e. The Morgan fingerprint density at radius 3 is 2.81 bits per heavy atom. The number of rotatable bonds is 5. The minimum atomic E-state index is -1.04. The first-order valence-corrected chi connectivity index (χ1v) is 6.78. The lowest BCUT2D eigenvalue weighted by atomic mass is 10.1. The van der Waals surface area contributed by atoms with E-state index in [1.54, 1.807) is 0 Å². The van der Waals surface area contributed by atoms with E-state index in [4.69, 9.17) is 10.8 Å². The van der Waals surface area contributed by atoms with E-state index in [1.807, 2.05) is 6.92 Å². The van der Waals surface area contributed by atoms with Gasteiger partial charge in [0, 0.05) is 12.2 Å². The van der Waals surface area contributed by atoms with E-state index in [2.05, 4.69) is 10.4 Å². The van der Waals surface area contributed by atoms with Gasteiger partial charge in [-0.05, 0) is 31.7 Å². The Hall–Kier alpha value is -2.57. The molecular formula is C14H16N4O3. The Morgan fingerprint density at radius 2 is 2.24 bits per heavy atom. The summed E-state index contributed by atoms with van der Waals surface area (Å²) >= 11 is 0. The van der Waals surface area contributed by atoms with Gasteiger partial charge < -0.3 is 16.2 Å². The molecule has 110 valence electrons. The third kappa shape index (κ3) is 2.42. The van der Waals surface area contributed by atoms with E-state index in [-0.39, 0.29) is 17.2 Å². The number of carboxylic acid groups (broad SMARTS) is 1. The monoisotopic (exact) mass is 288 g/mol. The number of fused-ring (bicyclic) bond motifs is 1. The van der Waals surface area contributed by atoms with Crippen LogP contribution in [0, 0.1) is 5.92 Å². The first kappa shape index (κ1) is 13.4. The molecule has 0 spiro atoms. The Bertz CT molecular complexity index is 733. The number of carbonyl (C=O) groups excluding carboxylic acids is 1. The molecule has 0 bridgehead atoms. The summed E-state index contributed by atoms with van der Waals surface area (Å²) in [6.07, 6.45) is 5.09. The van der Waals surface area contributed by atoms with E-state index in [0.29, 0.717) is 17.1 Å². The molecular weight excluding hydrogens is 272 g/mol. The maximum Gasteiger partial charge on any atom is 0.337 e. The zero-order valence-corrected chi connectivity index (χ0v) is 11.5. The van der Waals surface area contributed by atoms with Gasteiger partial charge in [-0.2, -0.15) is 5.10 Å². The van der Waals surface area contributed by atoms with E-state index in [0.717, 1.165) is 12.8 Å². The second kappa shape index (κ2) is 4.76. The van der Waals surface area contributed by atoms with Crippen molar-refractivity contribution >= 4 is 23.1 Å². The number of carboxylic acids is 1. The quantitative estimate of drug-likeness (QED) is 0.769. The zero-order valence-electron chi connectivity index (χ0n) is 11.5.